The van der Waals surface area contributed by atoms with E-state index in [-0.39, 0.29) is 29.8 Å². The maximum absolute atomic E-state index is 14.5. The van der Waals surface area contributed by atoms with Crippen LogP contribution in [0, 0.1) is 11.6 Å². The molecule has 0 radical (unpaired) electrons. The molecule has 3 aromatic rings. The number of benzene rings is 1. The summed E-state index contributed by atoms with van der Waals surface area (Å²) in [6.45, 7) is 1.14. The van der Waals surface area contributed by atoms with Gasteiger partial charge in [-0.15, -0.1) is 0 Å². The summed E-state index contributed by atoms with van der Waals surface area (Å²) < 4.78 is 78.9. The lowest BCUT2D eigenvalue weighted by atomic mass is 10.2. The monoisotopic (exact) mass is 480 g/mol. The van der Waals surface area contributed by atoms with Gasteiger partial charge in [0.1, 0.15) is 23.9 Å². The molecule has 1 saturated heterocycles. The van der Waals surface area contributed by atoms with Crippen LogP contribution in [0.15, 0.2) is 41.3 Å². The van der Waals surface area contributed by atoms with Crippen molar-refractivity contribution in [3.8, 4) is 17.4 Å². The van der Waals surface area contributed by atoms with E-state index < -0.39 is 34.9 Å². The van der Waals surface area contributed by atoms with Gasteiger partial charge in [-0.05, 0) is 42.7 Å². The highest BCUT2D eigenvalue weighted by Crippen LogP contribution is 2.34. The maximum Gasteiger partial charge on any atom is 0.433 e. The molecular formula is C22H17F5N4O3. The van der Waals surface area contributed by atoms with Crippen LogP contribution in [0.5, 0.6) is 17.4 Å². The SMILES string of the molecule is O=c1nc(OCc2cc(F)c(Oc3ccc(C(F)(F)F)nc3)c(F)c2)cc2n1C[C@@H]1CCCN21. The Hall–Kier alpha value is -3.70. The third kappa shape index (κ3) is 4.15. The number of fused-ring (bicyclic) bond motifs is 3. The van der Waals surface area contributed by atoms with E-state index in [4.69, 9.17) is 9.47 Å². The molecule has 34 heavy (non-hydrogen) atoms. The van der Waals surface area contributed by atoms with Crippen LogP contribution in [0.3, 0.4) is 0 Å². The van der Waals surface area contributed by atoms with Crippen molar-refractivity contribution in [3.05, 3.63) is 69.9 Å². The predicted octanol–water partition coefficient (Wildman–Crippen LogP) is 4.29. The molecule has 0 unspecified atom stereocenters. The molecule has 12 heteroatoms. The van der Waals surface area contributed by atoms with Crippen molar-refractivity contribution in [2.24, 2.45) is 0 Å². The molecule has 1 aromatic carbocycles. The largest absolute Gasteiger partial charge is 0.473 e. The summed E-state index contributed by atoms with van der Waals surface area (Å²) in [6.07, 6.45) is -1.90. The Labute approximate surface area is 189 Å². The maximum atomic E-state index is 14.5. The zero-order valence-electron chi connectivity index (χ0n) is 17.5. The fourth-order valence-corrected chi connectivity index (χ4v) is 4.17. The van der Waals surface area contributed by atoms with Gasteiger partial charge in [0, 0.05) is 25.2 Å². The normalized spacial score (nSPS) is 17.0. The number of anilines is 1. The molecular weight excluding hydrogens is 463 g/mol. The van der Waals surface area contributed by atoms with Gasteiger partial charge in [-0.2, -0.15) is 18.2 Å². The molecule has 4 heterocycles. The van der Waals surface area contributed by atoms with Gasteiger partial charge in [0.25, 0.3) is 0 Å². The van der Waals surface area contributed by atoms with Crippen LogP contribution in [0.2, 0.25) is 0 Å². The van der Waals surface area contributed by atoms with Gasteiger partial charge in [0.2, 0.25) is 5.88 Å². The van der Waals surface area contributed by atoms with Gasteiger partial charge in [0.05, 0.1) is 6.20 Å². The highest BCUT2D eigenvalue weighted by Gasteiger charge is 2.34. The Morgan fingerprint density at radius 2 is 1.88 bits per heavy atom. The molecule has 0 bridgehead atoms. The van der Waals surface area contributed by atoms with Gasteiger partial charge >= 0.3 is 11.9 Å². The van der Waals surface area contributed by atoms with Crippen molar-refractivity contribution in [3.63, 3.8) is 0 Å². The highest BCUT2D eigenvalue weighted by atomic mass is 19.4. The molecule has 0 aliphatic carbocycles. The van der Waals surface area contributed by atoms with E-state index in [0.717, 1.165) is 43.8 Å². The van der Waals surface area contributed by atoms with Gasteiger partial charge in [-0.1, -0.05) is 0 Å². The first-order valence-electron chi connectivity index (χ1n) is 10.4. The van der Waals surface area contributed by atoms with Crippen LogP contribution in [-0.2, 0) is 19.3 Å². The standard InChI is InChI=1S/C22H17F5N4O3/c23-15-6-12(7-16(24)20(15)34-14-3-4-17(28-9-14)22(25,26)27)11-33-18-8-19-30-5-1-2-13(30)10-31(19)21(32)29-18/h3-4,6-9,13H,1-2,5,10-11H2/t13-/m0/s1. The van der Waals surface area contributed by atoms with Crippen molar-refractivity contribution in [2.45, 2.75) is 38.2 Å². The van der Waals surface area contributed by atoms with E-state index in [1.165, 1.54) is 0 Å². The highest BCUT2D eigenvalue weighted by molar-refractivity contribution is 5.48. The average molecular weight is 480 g/mol. The molecule has 2 aliphatic rings. The smallest absolute Gasteiger partial charge is 0.433 e. The first kappa shape index (κ1) is 22.1. The van der Waals surface area contributed by atoms with Crippen LogP contribution < -0.4 is 20.1 Å². The first-order chi connectivity index (χ1) is 16.2. The summed E-state index contributed by atoms with van der Waals surface area (Å²) in [5.41, 5.74) is -1.50. The second-order valence-corrected chi connectivity index (χ2v) is 7.99. The summed E-state index contributed by atoms with van der Waals surface area (Å²) in [7, 11) is 0. The summed E-state index contributed by atoms with van der Waals surface area (Å²) in [5, 5.41) is 0. The van der Waals surface area contributed by atoms with E-state index >= 15 is 0 Å². The van der Waals surface area contributed by atoms with Gasteiger partial charge in [-0.3, -0.25) is 4.57 Å². The number of halogens is 5. The molecule has 7 nitrogen and oxygen atoms in total. The Kier molecular flexibility index (Phi) is 5.37. The minimum absolute atomic E-state index is 0.0424. The van der Waals surface area contributed by atoms with Gasteiger partial charge in [0.15, 0.2) is 17.4 Å². The van der Waals surface area contributed by atoms with E-state index in [1.807, 2.05) is 0 Å². The van der Waals surface area contributed by atoms with Crippen LogP contribution >= 0.6 is 0 Å². The average Bonchev–Trinajstić information content (AvgIpc) is 3.37. The van der Waals surface area contributed by atoms with E-state index in [9.17, 15) is 26.7 Å². The van der Waals surface area contributed by atoms with Crippen molar-refractivity contribution < 1.29 is 31.4 Å². The molecule has 178 valence electrons. The molecule has 1 fully saturated rings. The molecule has 0 spiro atoms. The Morgan fingerprint density at radius 3 is 2.56 bits per heavy atom. The van der Waals surface area contributed by atoms with Crippen molar-refractivity contribution >= 4 is 5.82 Å². The number of alkyl halides is 3. The summed E-state index contributed by atoms with van der Waals surface area (Å²) in [6, 6.07) is 5.38. The lowest BCUT2D eigenvalue weighted by Crippen LogP contribution is -2.24. The van der Waals surface area contributed by atoms with Crippen molar-refractivity contribution in [1.82, 2.24) is 14.5 Å². The Balaban J connectivity index is 1.30. The van der Waals surface area contributed by atoms with Gasteiger partial charge < -0.3 is 14.4 Å². The fraction of sp³-hybridized carbons (Fsp3) is 0.318. The van der Waals surface area contributed by atoms with E-state index in [0.29, 0.717) is 18.4 Å². The van der Waals surface area contributed by atoms with Crippen LogP contribution in [-0.4, -0.2) is 27.1 Å². The molecule has 5 rings (SSSR count). The number of aromatic nitrogens is 3. The zero-order chi connectivity index (χ0) is 24.0. The lowest BCUT2D eigenvalue weighted by molar-refractivity contribution is -0.141. The summed E-state index contributed by atoms with van der Waals surface area (Å²) >= 11 is 0. The minimum atomic E-state index is -4.65. The molecule has 2 aromatic heterocycles. The molecule has 0 N–H and O–H groups in total. The van der Waals surface area contributed by atoms with E-state index in [2.05, 4.69) is 14.9 Å². The zero-order valence-corrected chi connectivity index (χ0v) is 17.5. The molecule has 0 amide bonds. The summed E-state index contributed by atoms with van der Waals surface area (Å²) in [5.74, 6) is -2.47. The minimum Gasteiger partial charge on any atom is -0.473 e. The molecule has 0 saturated carbocycles. The predicted molar refractivity (Wildman–Crippen MR) is 109 cm³/mol. The van der Waals surface area contributed by atoms with Gasteiger partial charge in [-0.25, -0.2) is 18.6 Å². The number of hydrogen-bond donors (Lipinski definition) is 0. The topological polar surface area (TPSA) is 69.5 Å². The molecule has 2 aliphatic heterocycles. The van der Waals surface area contributed by atoms with E-state index in [1.54, 1.807) is 10.6 Å². The second kappa shape index (κ2) is 8.26. The Bertz CT molecular complexity index is 1270. The van der Waals surface area contributed by atoms with Crippen molar-refractivity contribution in [1.29, 1.82) is 0 Å². The quantitative estimate of drug-likeness (QED) is 0.508. The number of rotatable bonds is 5. The van der Waals surface area contributed by atoms with Crippen LogP contribution in [0.25, 0.3) is 0 Å². The first-order valence-corrected chi connectivity index (χ1v) is 10.4. The van der Waals surface area contributed by atoms with Crippen LogP contribution in [0.4, 0.5) is 27.8 Å². The lowest BCUT2D eigenvalue weighted by Gasteiger charge is -2.17. The number of nitrogens with zero attached hydrogens (tertiary/aromatic N) is 4. The third-order valence-corrected chi connectivity index (χ3v) is 5.72. The number of pyridine rings is 1. The fourth-order valence-electron chi connectivity index (χ4n) is 4.17. The molecule has 1 atom stereocenters. The Morgan fingerprint density at radius 1 is 1.12 bits per heavy atom. The van der Waals surface area contributed by atoms with Crippen LogP contribution in [0.1, 0.15) is 24.1 Å². The number of hydrogen-bond acceptors (Lipinski definition) is 6. The number of ether oxygens (including phenoxy) is 2. The third-order valence-electron chi connectivity index (χ3n) is 5.72. The van der Waals surface area contributed by atoms with Crippen molar-refractivity contribution in [2.75, 3.05) is 11.4 Å². The summed E-state index contributed by atoms with van der Waals surface area (Å²) in [4.78, 5) is 21.5. The second-order valence-electron chi connectivity index (χ2n) is 7.99.